The molecule has 0 rings (SSSR count). The zero-order valence-corrected chi connectivity index (χ0v) is 14.9. The quantitative estimate of drug-likeness (QED) is 0.371. The molecule has 0 N–H and O–H groups in total. The lowest BCUT2D eigenvalue weighted by Gasteiger charge is -2.16. The standard InChI is InChI=1S/C18H34O4/c1-5-7-11-15(17(19)21-3)13-9-10-14-16(12-8-6-2)18(20)22-4/h15-16H,5-14H2,1-4H3. The summed E-state index contributed by atoms with van der Waals surface area (Å²) in [6.07, 6.45) is 9.74. The number of unbranched alkanes of at least 4 members (excludes halogenated alkanes) is 3. The van der Waals surface area contributed by atoms with Gasteiger partial charge in [0.25, 0.3) is 0 Å². The summed E-state index contributed by atoms with van der Waals surface area (Å²) in [6, 6.07) is 0. The summed E-state index contributed by atoms with van der Waals surface area (Å²) >= 11 is 0. The highest BCUT2D eigenvalue weighted by Crippen LogP contribution is 2.22. The van der Waals surface area contributed by atoms with Crippen LogP contribution in [0.5, 0.6) is 0 Å². The lowest BCUT2D eigenvalue weighted by molar-refractivity contribution is -0.147. The molecule has 0 fully saturated rings. The fourth-order valence-corrected chi connectivity index (χ4v) is 2.78. The zero-order chi connectivity index (χ0) is 16.8. The lowest BCUT2D eigenvalue weighted by Crippen LogP contribution is -2.18. The van der Waals surface area contributed by atoms with Crippen molar-refractivity contribution in [1.29, 1.82) is 0 Å². The maximum atomic E-state index is 11.7. The molecular formula is C18H34O4. The van der Waals surface area contributed by atoms with Crippen LogP contribution < -0.4 is 0 Å². The number of methoxy groups -OCH3 is 2. The zero-order valence-electron chi connectivity index (χ0n) is 14.9. The normalized spacial score (nSPS) is 13.5. The number of ether oxygens (including phenoxy) is 2. The highest BCUT2D eigenvalue weighted by molar-refractivity contribution is 5.72. The Morgan fingerprint density at radius 1 is 0.682 bits per heavy atom. The highest BCUT2D eigenvalue weighted by atomic mass is 16.5. The fraction of sp³-hybridized carbons (Fsp3) is 0.889. The average molecular weight is 314 g/mol. The molecule has 0 aromatic rings. The van der Waals surface area contributed by atoms with Crippen LogP contribution in [0.3, 0.4) is 0 Å². The molecule has 0 aliphatic carbocycles. The Morgan fingerprint density at radius 2 is 1.00 bits per heavy atom. The maximum Gasteiger partial charge on any atom is 0.308 e. The van der Waals surface area contributed by atoms with Gasteiger partial charge in [-0.2, -0.15) is 0 Å². The molecule has 0 aliphatic rings. The number of carbonyl (C=O) groups is 2. The van der Waals surface area contributed by atoms with Gasteiger partial charge < -0.3 is 9.47 Å². The predicted molar refractivity (Wildman–Crippen MR) is 88.5 cm³/mol. The van der Waals surface area contributed by atoms with Crippen molar-refractivity contribution in [2.45, 2.75) is 78.1 Å². The molecular weight excluding hydrogens is 280 g/mol. The number of hydrogen-bond acceptors (Lipinski definition) is 4. The van der Waals surface area contributed by atoms with Crippen molar-refractivity contribution in [2.24, 2.45) is 11.8 Å². The third-order valence-electron chi connectivity index (χ3n) is 4.24. The third-order valence-corrected chi connectivity index (χ3v) is 4.24. The van der Waals surface area contributed by atoms with Gasteiger partial charge in [0.05, 0.1) is 26.1 Å². The summed E-state index contributed by atoms with van der Waals surface area (Å²) in [4.78, 5) is 23.5. The van der Waals surface area contributed by atoms with E-state index in [4.69, 9.17) is 9.47 Å². The Labute approximate surface area is 135 Å². The van der Waals surface area contributed by atoms with Gasteiger partial charge in [0.1, 0.15) is 0 Å². The highest BCUT2D eigenvalue weighted by Gasteiger charge is 2.20. The van der Waals surface area contributed by atoms with Gasteiger partial charge in [-0.05, 0) is 25.7 Å². The minimum absolute atomic E-state index is 0.0113. The van der Waals surface area contributed by atoms with E-state index < -0.39 is 0 Å². The van der Waals surface area contributed by atoms with Gasteiger partial charge in [-0.15, -0.1) is 0 Å². The first kappa shape index (κ1) is 20.9. The van der Waals surface area contributed by atoms with Crippen molar-refractivity contribution >= 4 is 11.9 Å². The molecule has 2 unspecified atom stereocenters. The molecule has 0 amide bonds. The van der Waals surface area contributed by atoms with Crippen molar-refractivity contribution in [3.63, 3.8) is 0 Å². The van der Waals surface area contributed by atoms with Crippen molar-refractivity contribution in [3.05, 3.63) is 0 Å². The SMILES string of the molecule is CCCCC(CCCCC(CCCC)C(=O)OC)C(=O)OC. The molecule has 0 bridgehead atoms. The topological polar surface area (TPSA) is 52.6 Å². The molecule has 0 radical (unpaired) electrons. The summed E-state index contributed by atoms with van der Waals surface area (Å²) in [5.74, 6) is -0.165. The molecule has 22 heavy (non-hydrogen) atoms. The van der Waals surface area contributed by atoms with Crippen LogP contribution in [-0.4, -0.2) is 26.2 Å². The Bertz CT molecular complexity index is 271. The van der Waals surface area contributed by atoms with E-state index >= 15 is 0 Å². The van der Waals surface area contributed by atoms with Gasteiger partial charge in [0.15, 0.2) is 0 Å². The van der Waals surface area contributed by atoms with Gasteiger partial charge in [0, 0.05) is 0 Å². The van der Waals surface area contributed by atoms with Crippen LogP contribution in [0.4, 0.5) is 0 Å². The van der Waals surface area contributed by atoms with Crippen molar-refractivity contribution < 1.29 is 19.1 Å². The molecule has 4 heteroatoms. The smallest absolute Gasteiger partial charge is 0.308 e. The summed E-state index contributed by atoms with van der Waals surface area (Å²) in [5, 5.41) is 0. The molecule has 4 nitrogen and oxygen atoms in total. The monoisotopic (exact) mass is 314 g/mol. The second-order valence-corrected chi connectivity index (χ2v) is 6.01. The molecule has 130 valence electrons. The first-order valence-electron chi connectivity index (χ1n) is 8.76. The number of rotatable bonds is 13. The van der Waals surface area contributed by atoms with E-state index in [1.807, 2.05) is 0 Å². The number of hydrogen-bond donors (Lipinski definition) is 0. The average Bonchev–Trinajstić information content (AvgIpc) is 2.55. The van der Waals surface area contributed by atoms with E-state index in [-0.39, 0.29) is 23.8 Å². The Morgan fingerprint density at radius 3 is 1.27 bits per heavy atom. The molecule has 0 aromatic carbocycles. The van der Waals surface area contributed by atoms with Crippen molar-refractivity contribution in [2.75, 3.05) is 14.2 Å². The molecule has 0 spiro atoms. The Balaban J connectivity index is 4.15. The molecule has 0 heterocycles. The second kappa shape index (κ2) is 13.6. The largest absolute Gasteiger partial charge is 0.469 e. The second-order valence-electron chi connectivity index (χ2n) is 6.01. The molecule has 0 saturated heterocycles. The van der Waals surface area contributed by atoms with E-state index in [0.29, 0.717) is 0 Å². The summed E-state index contributed by atoms with van der Waals surface area (Å²) < 4.78 is 9.77. The van der Waals surface area contributed by atoms with Crippen LogP contribution >= 0.6 is 0 Å². The van der Waals surface area contributed by atoms with Crippen LogP contribution in [0.1, 0.15) is 78.1 Å². The van der Waals surface area contributed by atoms with E-state index in [2.05, 4.69) is 13.8 Å². The summed E-state index contributed by atoms with van der Waals surface area (Å²) in [5.41, 5.74) is 0. The molecule has 0 saturated carbocycles. The summed E-state index contributed by atoms with van der Waals surface area (Å²) in [6.45, 7) is 4.26. The Kier molecular flexibility index (Phi) is 12.9. The maximum absolute atomic E-state index is 11.7. The van der Waals surface area contributed by atoms with Gasteiger partial charge in [-0.3, -0.25) is 9.59 Å². The Hall–Kier alpha value is -1.06. The summed E-state index contributed by atoms with van der Waals surface area (Å²) in [7, 11) is 2.92. The molecule has 0 aromatic heterocycles. The molecule has 0 aliphatic heterocycles. The fourth-order valence-electron chi connectivity index (χ4n) is 2.78. The first-order valence-corrected chi connectivity index (χ1v) is 8.76. The van der Waals surface area contributed by atoms with Crippen LogP contribution in [0.15, 0.2) is 0 Å². The lowest BCUT2D eigenvalue weighted by atomic mass is 9.92. The van der Waals surface area contributed by atoms with Crippen LogP contribution in [-0.2, 0) is 19.1 Å². The van der Waals surface area contributed by atoms with E-state index in [0.717, 1.165) is 64.2 Å². The van der Waals surface area contributed by atoms with E-state index in [1.165, 1.54) is 14.2 Å². The number of carbonyl (C=O) groups excluding carboxylic acids is 2. The van der Waals surface area contributed by atoms with Gasteiger partial charge in [-0.25, -0.2) is 0 Å². The van der Waals surface area contributed by atoms with E-state index in [9.17, 15) is 9.59 Å². The van der Waals surface area contributed by atoms with Crippen LogP contribution in [0.2, 0.25) is 0 Å². The van der Waals surface area contributed by atoms with Crippen molar-refractivity contribution in [1.82, 2.24) is 0 Å². The predicted octanol–water partition coefficient (Wildman–Crippen LogP) is 4.51. The van der Waals surface area contributed by atoms with Crippen molar-refractivity contribution in [3.8, 4) is 0 Å². The van der Waals surface area contributed by atoms with E-state index in [1.54, 1.807) is 0 Å². The molecule has 2 atom stereocenters. The third kappa shape index (κ3) is 9.06. The van der Waals surface area contributed by atoms with Gasteiger partial charge in [-0.1, -0.05) is 52.4 Å². The number of esters is 2. The van der Waals surface area contributed by atoms with Gasteiger partial charge in [0.2, 0.25) is 0 Å². The van der Waals surface area contributed by atoms with Crippen LogP contribution in [0.25, 0.3) is 0 Å². The van der Waals surface area contributed by atoms with Gasteiger partial charge >= 0.3 is 11.9 Å². The first-order chi connectivity index (χ1) is 10.6. The minimum Gasteiger partial charge on any atom is -0.469 e. The van der Waals surface area contributed by atoms with Crippen LogP contribution in [0, 0.1) is 11.8 Å². The minimum atomic E-state index is -0.0936.